The standard InChI is InChI=1S/C9H13N/c10-9-6-8(9)7-4-2-1-3-5-7/h1-4,7-9H,5-6,10H2. The van der Waals surface area contributed by atoms with Gasteiger partial charge in [0.05, 0.1) is 0 Å². The molecule has 2 aliphatic rings. The van der Waals surface area contributed by atoms with Crippen LogP contribution in [0.25, 0.3) is 0 Å². The molecule has 54 valence electrons. The Morgan fingerprint density at radius 1 is 1.30 bits per heavy atom. The minimum Gasteiger partial charge on any atom is -0.327 e. The summed E-state index contributed by atoms with van der Waals surface area (Å²) in [5.74, 6) is 1.54. The van der Waals surface area contributed by atoms with Crippen LogP contribution in [0, 0.1) is 11.8 Å². The lowest BCUT2D eigenvalue weighted by atomic mass is 9.95. The van der Waals surface area contributed by atoms with Gasteiger partial charge in [-0.1, -0.05) is 24.3 Å². The van der Waals surface area contributed by atoms with E-state index in [4.69, 9.17) is 5.73 Å². The van der Waals surface area contributed by atoms with Crippen molar-refractivity contribution in [2.45, 2.75) is 18.9 Å². The third-order valence-electron chi connectivity index (χ3n) is 2.45. The zero-order chi connectivity index (χ0) is 6.97. The van der Waals surface area contributed by atoms with Crippen molar-refractivity contribution in [3.05, 3.63) is 24.3 Å². The molecule has 0 amide bonds. The van der Waals surface area contributed by atoms with Crippen LogP contribution in [0.5, 0.6) is 0 Å². The first-order valence-corrected chi connectivity index (χ1v) is 3.97. The van der Waals surface area contributed by atoms with Gasteiger partial charge in [-0.2, -0.15) is 0 Å². The van der Waals surface area contributed by atoms with Gasteiger partial charge in [0, 0.05) is 6.04 Å². The maximum atomic E-state index is 5.74. The second-order valence-electron chi connectivity index (χ2n) is 3.28. The Balaban J connectivity index is 1.95. The van der Waals surface area contributed by atoms with E-state index in [2.05, 4.69) is 24.3 Å². The normalized spacial score (nSPS) is 43.9. The molecule has 0 heterocycles. The van der Waals surface area contributed by atoms with Crippen LogP contribution in [0.2, 0.25) is 0 Å². The first kappa shape index (κ1) is 6.17. The molecule has 10 heavy (non-hydrogen) atoms. The van der Waals surface area contributed by atoms with Crippen LogP contribution in [0.1, 0.15) is 12.8 Å². The smallest absolute Gasteiger partial charge is 0.00769 e. The van der Waals surface area contributed by atoms with Crippen molar-refractivity contribution in [2.75, 3.05) is 0 Å². The summed E-state index contributed by atoms with van der Waals surface area (Å²) in [6.45, 7) is 0. The van der Waals surface area contributed by atoms with E-state index in [0.717, 1.165) is 11.8 Å². The molecule has 1 nitrogen and oxygen atoms in total. The number of allylic oxidation sites excluding steroid dienone is 4. The second-order valence-corrected chi connectivity index (χ2v) is 3.28. The summed E-state index contributed by atoms with van der Waals surface area (Å²) in [7, 11) is 0. The van der Waals surface area contributed by atoms with Gasteiger partial charge >= 0.3 is 0 Å². The number of hydrogen-bond donors (Lipinski definition) is 1. The van der Waals surface area contributed by atoms with Gasteiger partial charge in [0.1, 0.15) is 0 Å². The van der Waals surface area contributed by atoms with Crippen LogP contribution >= 0.6 is 0 Å². The van der Waals surface area contributed by atoms with Gasteiger partial charge in [0.15, 0.2) is 0 Å². The highest BCUT2D eigenvalue weighted by atomic mass is 14.7. The molecular formula is C9H13N. The summed E-state index contributed by atoms with van der Waals surface area (Å²) in [6, 6.07) is 0.501. The molecular weight excluding hydrogens is 122 g/mol. The minimum absolute atomic E-state index is 0.501. The highest BCUT2D eigenvalue weighted by molar-refractivity contribution is 5.15. The van der Waals surface area contributed by atoms with Crippen molar-refractivity contribution < 1.29 is 0 Å². The van der Waals surface area contributed by atoms with E-state index in [1.165, 1.54) is 12.8 Å². The molecule has 2 rings (SSSR count). The molecule has 2 N–H and O–H groups in total. The lowest BCUT2D eigenvalue weighted by Crippen LogP contribution is -2.09. The van der Waals surface area contributed by atoms with Crippen LogP contribution in [0.15, 0.2) is 24.3 Å². The van der Waals surface area contributed by atoms with E-state index in [1.807, 2.05) is 0 Å². The average molecular weight is 135 g/mol. The largest absolute Gasteiger partial charge is 0.327 e. The molecule has 0 bridgehead atoms. The van der Waals surface area contributed by atoms with E-state index in [-0.39, 0.29) is 0 Å². The van der Waals surface area contributed by atoms with E-state index < -0.39 is 0 Å². The molecule has 0 aromatic heterocycles. The van der Waals surface area contributed by atoms with E-state index in [9.17, 15) is 0 Å². The van der Waals surface area contributed by atoms with Crippen molar-refractivity contribution in [3.63, 3.8) is 0 Å². The van der Waals surface area contributed by atoms with Gasteiger partial charge in [-0.25, -0.2) is 0 Å². The predicted molar refractivity (Wildman–Crippen MR) is 42.5 cm³/mol. The number of nitrogens with two attached hydrogens (primary N) is 1. The van der Waals surface area contributed by atoms with Crippen molar-refractivity contribution >= 4 is 0 Å². The maximum absolute atomic E-state index is 5.74. The van der Waals surface area contributed by atoms with Crippen molar-refractivity contribution in [1.82, 2.24) is 0 Å². The van der Waals surface area contributed by atoms with Crippen LogP contribution in [0.4, 0.5) is 0 Å². The molecule has 0 radical (unpaired) electrons. The summed E-state index contributed by atoms with van der Waals surface area (Å²) in [5.41, 5.74) is 5.74. The van der Waals surface area contributed by atoms with Gasteiger partial charge in [-0.05, 0) is 24.7 Å². The van der Waals surface area contributed by atoms with Gasteiger partial charge in [-0.3, -0.25) is 0 Å². The summed E-state index contributed by atoms with van der Waals surface area (Å²) in [4.78, 5) is 0. The van der Waals surface area contributed by atoms with E-state index >= 15 is 0 Å². The van der Waals surface area contributed by atoms with Crippen molar-refractivity contribution in [1.29, 1.82) is 0 Å². The molecule has 0 aliphatic heterocycles. The lowest BCUT2D eigenvalue weighted by molar-refractivity contribution is 0.557. The molecule has 0 saturated heterocycles. The Hall–Kier alpha value is -0.560. The molecule has 1 fully saturated rings. The monoisotopic (exact) mass is 135 g/mol. The Labute approximate surface area is 61.6 Å². The third kappa shape index (κ3) is 1.01. The fourth-order valence-electron chi connectivity index (χ4n) is 1.65. The number of hydrogen-bond acceptors (Lipinski definition) is 1. The van der Waals surface area contributed by atoms with Gasteiger partial charge in [0.25, 0.3) is 0 Å². The number of rotatable bonds is 1. The van der Waals surface area contributed by atoms with Crippen LogP contribution in [0.3, 0.4) is 0 Å². The first-order valence-electron chi connectivity index (χ1n) is 3.97. The van der Waals surface area contributed by atoms with Crippen LogP contribution in [-0.2, 0) is 0 Å². The lowest BCUT2D eigenvalue weighted by Gasteiger charge is -2.10. The Morgan fingerprint density at radius 3 is 2.60 bits per heavy atom. The van der Waals surface area contributed by atoms with Crippen molar-refractivity contribution in [2.24, 2.45) is 17.6 Å². The zero-order valence-corrected chi connectivity index (χ0v) is 6.03. The molecule has 0 aromatic carbocycles. The Kier molecular flexibility index (Phi) is 1.38. The van der Waals surface area contributed by atoms with Crippen LogP contribution in [-0.4, -0.2) is 6.04 Å². The molecule has 0 spiro atoms. The summed E-state index contributed by atoms with van der Waals surface area (Å²) in [5, 5.41) is 0. The zero-order valence-electron chi connectivity index (χ0n) is 6.03. The quantitative estimate of drug-likeness (QED) is 0.579. The summed E-state index contributed by atoms with van der Waals surface area (Å²) >= 11 is 0. The predicted octanol–water partition coefficient (Wildman–Crippen LogP) is 1.47. The molecule has 2 aliphatic carbocycles. The highest BCUT2D eigenvalue weighted by Gasteiger charge is 2.38. The SMILES string of the molecule is NC1CC1C1C=CC=CC1. The molecule has 1 saturated carbocycles. The van der Waals surface area contributed by atoms with E-state index in [1.54, 1.807) is 0 Å². The molecule has 0 aromatic rings. The molecule has 3 atom stereocenters. The summed E-state index contributed by atoms with van der Waals surface area (Å²) < 4.78 is 0. The topological polar surface area (TPSA) is 26.0 Å². The molecule has 3 unspecified atom stereocenters. The van der Waals surface area contributed by atoms with E-state index in [0.29, 0.717) is 6.04 Å². The van der Waals surface area contributed by atoms with Gasteiger partial charge < -0.3 is 5.73 Å². The maximum Gasteiger partial charge on any atom is 0.00769 e. The second kappa shape index (κ2) is 2.24. The highest BCUT2D eigenvalue weighted by Crippen LogP contribution is 2.39. The third-order valence-corrected chi connectivity index (χ3v) is 2.45. The van der Waals surface area contributed by atoms with Crippen molar-refractivity contribution in [3.8, 4) is 0 Å². The van der Waals surface area contributed by atoms with Crippen LogP contribution < -0.4 is 5.73 Å². The fourth-order valence-corrected chi connectivity index (χ4v) is 1.65. The molecule has 1 heteroatoms. The Morgan fingerprint density at radius 2 is 2.10 bits per heavy atom. The fraction of sp³-hybridized carbons (Fsp3) is 0.556. The average Bonchev–Trinajstić information content (AvgIpc) is 2.69. The van der Waals surface area contributed by atoms with Gasteiger partial charge in [-0.15, -0.1) is 0 Å². The summed E-state index contributed by atoms with van der Waals surface area (Å²) in [6.07, 6.45) is 11.2. The minimum atomic E-state index is 0.501. The first-order chi connectivity index (χ1) is 4.88. The Bertz CT molecular complexity index is 181. The van der Waals surface area contributed by atoms with Gasteiger partial charge in [0.2, 0.25) is 0 Å².